The normalized spacial score (nSPS) is 11.7. The van der Waals surface area contributed by atoms with Crippen molar-refractivity contribution < 1.29 is 0 Å². The molecule has 18 heavy (non-hydrogen) atoms. The van der Waals surface area contributed by atoms with Crippen molar-refractivity contribution in [2.75, 3.05) is 22.9 Å². The number of nitrogens with one attached hydrogen (secondary N) is 2. The Bertz CT molecular complexity index is 381. The molecule has 0 amide bonds. The Morgan fingerprint density at radius 1 is 1.22 bits per heavy atom. The summed E-state index contributed by atoms with van der Waals surface area (Å²) in [5, 5.41) is 6.53. The third kappa shape index (κ3) is 4.77. The molecule has 0 aliphatic carbocycles. The number of hydrogen-bond donors (Lipinski definition) is 3. The highest BCUT2D eigenvalue weighted by Crippen LogP contribution is 2.25. The molecule has 0 fully saturated rings. The summed E-state index contributed by atoms with van der Waals surface area (Å²) >= 11 is 0. The zero-order valence-corrected chi connectivity index (χ0v) is 12.0. The predicted molar refractivity (Wildman–Crippen MR) is 77.8 cm³/mol. The van der Waals surface area contributed by atoms with Crippen LogP contribution in [-0.4, -0.2) is 22.1 Å². The lowest BCUT2D eigenvalue weighted by Gasteiger charge is -2.22. The van der Waals surface area contributed by atoms with Crippen LogP contribution in [0, 0.1) is 5.92 Å². The standard InChI is InChI=1S/C13H25N5/c1-9(2)6-7-15-11-10(14)12(17-8-16-11)18-13(3,4)5/h8-9H,6-7,14H2,1-5H3,(H2,15,16,17,18). The SMILES string of the molecule is CC(C)CCNc1ncnc(NC(C)(C)C)c1N. The lowest BCUT2D eigenvalue weighted by atomic mass is 10.1. The number of nitrogens with zero attached hydrogens (tertiary/aromatic N) is 2. The van der Waals surface area contributed by atoms with Gasteiger partial charge >= 0.3 is 0 Å². The fraction of sp³-hybridized carbons (Fsp3) is 0.692. The van der Waals surface area contributed by atoms with Gasteiger partial charge in [-0.3, -0.25) is 0 Å². The van der Waals surface area contributed by atoms with E-state index in [0.717, 1.165) is 13.0 Å². The summed E-state index contributed by atoms with van der Waals surface area (Å²) in [6, 6.07) is 0. The molecule has 0 aliphatic heterocycles. The Hall–Kier alpha value is -1.52. The first-order valence-electron chi connectivity index (χ1n) is 6.42. The first-order valence-corrected chi connectivity index (χ1v) is 6.42. The zero-order valence-electron chi connectivity index (χ0n) is 12.0. The van der Waals surface area contributed by atoms with Crippen molar-refractivity contribution in [2.24, 2.45) is 5.92 Å². The van der Waals surface area contributed by atoms with Crippen molar-refractivity contribution in [1.82, 2.24) is 9.97 Å². The molecule has 1 heterocycles. The molecule has 0 bridgehead atoms. The molecule has 5 heteroatoms. The average Bonchev–Trinajstić information content (AvgIpc) is 2.21. The highest BCUT2D eigenvalue weighted by molar-refractivity contribution is 5.74. The van der Waals surface area contributed by atoms with E-state index in [9.17, 15) is 0 Å². The zero-order chi connectivity index (χ0) is 13.8. The van der Waals surface area contributed by atoms with E-state index in [1.54, 1.807) is 0 Å². The van der Waals surface area contributed by atoms with Crippen molar-refractivity contribution >= 4 is 17.3 Å². The van der Waals surface area contributed by atoms with Crippen LogP contribution in [0.2, 0.25) is 0 Å². The van der Waals surface area contributed by atoms with Gasteiger partial charge in [0.05, 0.1) is 0 Å². The van der Waals surface area contributed by atoms with Gasteiger partial charge in [-0.25, -0.2) is 9.97 Å². The van der Waals surface area contributed by atoms with Crippen LogP contribution in [-0.2, 0) is 0 Å². The van der Waals surface area contributed by atoms with Crippen molar-refractivity contribution in [3.63, 3.8) is 0 Å². The molecule has 0 radical (unpaired) electrons. The second kappa shape index (κ2) is 5.89. The van der Waals surface area contributed by atoms with Crippen molar-refractivity contribution in [1.29, 1.82) is 0 Å². The molecule has 0 spiro atoms. The quantitative estimate of drug-likeness (QED) is 0.750. The van der Waals surface area contributed by atoms with E-state index in [1.807, 2.05) is 0 Å². The van der Waals surface area contributed by atoms with E-state index in [2.05, 4.69) is 55.2 Å². The molecule has 1 rings (SSSR count). The average molecular weight is 251 g/mol. The van der Waals surface area contributed by atoms with Gasteiger partial charge in [-0.15, -0.1) is 0 Å². The molecule has 0 saturated carbocycles. The summed E-state index contributed by atoms with van der Waals surface area (Å²) in [5.41, 5.74) is 6.57. The van der Waals surface area contributed by atoms with Gasteiger partial charge in [0.15, 0.2) is 11.6 Å². The Kier molecular flexibility index (Phi) is 4.76. The lowest BCUT2D eigenvalue weighted by molar-refractivity contribution is 0.606. The van der Waals surface area contributed by atoms with Gasteiger partial charge in [0.1, 0.15) is 12.0 Å². The van der Waals surface area contributed by atoms with E-state index in [1.165, 1.54) is 6.33 Å². The Balaban J connectivity index is 2.72. The molecule has 0 aliphatic rings. The molecule has 0 atom stereocenters. The summed E-state index contributed by atoms with van der Waals surface area (Å²) in [4.78, 5) is 8.36. The number of rotatable bonds is 5. The summed E-state index contributed by atoms with van der Waals surface area (Å²) in [5.74, 6) is 2.05. The highest BCUT2D eigenvalue weighted by atomic mass is 15.1. The number of aromatic nitrogens is 2. The van der Waals surface area contributed by atoms with Crippen molar-refractivity contribution in [3.05, 3.63) is 6.33 Å². The van der Waals surface area contributed by atoms with Crippen LogP contribution >= 0.6 is 0 Å². The van der Waals surface area contributed by atoms with Gasteiger partial charge in [-0.05, 0) is 33.1 Å². The fourth-order valence-electron chi connectivity index (χ4n) is 1.47. The third-order valence-electron chi connectivity index (χ3n) is 2.39. The van der Waals surface area contributed by atoms with Crippen molar-refractivity contribution in [2.45, 2.75) is 46.6 Å². The number of hydrogen-bond acceptors (Lipinski definition) is 5. The summed E-state index contributed by atoms with van der Waals surface area (Å²) < 4.78 is 0. The van der Waals surface area contributed by atoms with Crippen molar-refractivity contribution in [3.8, 4) is 0 Å². The van der Waals surface area contributed by atoms with Crippen LogP contribution in [0.15, 0.2) is 6.33 Å². The highest BCUT2D eigenvalue weighted by Gasteiger charge is 2.14. The molecule has 4 N–H and O–H groups in total. The topological polar surface area (TPSA) is 75.9 Å². The maximum atomic E-state index is 6.06. The largest absolute Gasteiger partial charge is 0.393 e. The predicted octanol–water partition coefficient (Wildman–Crippen LogP) is 2.73. The van der Waals surface area contributed by atoms with E-state index in [4.69, 9.17) is 5.73 Å². The monoisotopic (exact) mass is 251 g/mol. The van der Waals surface area contributed by atoms with Crippen LogP contribution in [0.3, 0.4) is 0 Å². The van der Waals surface area contributed by atoms with Crippen LogP contribution < -0.4 is 16.4 Å². The molecule has 0 saturated heterocycles. The minimum atomic E-state index is -0.0718. The van der Waals surface area contributed by atoms with E-state index < -0.39 is 0 Å². The Morgan fingerprint density at radius 2 is 1.83 bits per heavy atom. The number of nitrogen functional groups attached to an aromatic ring is 1. The maximum Gasteiger partial charge on any atom is 0.155 e. The molecular weight excluding hydrogens is 226 g/mol. The van der Waals surface area contributed by atoms with Gasteiger partial charge < -0.3 is 16.4 Å². The summed E-state index contributed by atoms with van der Waals surface area (Å²) in [7, 11) is 0. The minimum absolute atomic E-state index is 0.0718. The second-order valence-electron chi connectivity index (χ2n) is 5.97. The number of nitrogens with two attached hydrogens (primary N) is 1. The number of anilines is 3. The van der Waals surface area contributed by atoms with Gasteiger partial charge in [0.25, 0.3) is 0 Å². The second-order valence-corrected chi connectivity index (χ2v) is 5.97. The molecule has 0 unspecified atom stereocenters. The smallest absolute Gasteiger partial charge is 0.155 e. The first kappa shape index (κ1) is 14.5. The minimum Gasteiger partial charge on any atom is -0.393 e. The molecular formula is C13H25N5. The first-order chi connectivity index (χ1) is 8.29. The van der Waals surface area contributed by atoms with Gasteiger partial charge in [0.2, 0.25) is 0 Å². The molecule has 102 valence electrons. The van der Waals surface area contributed by atoms with Gasteiger partial charge in [-0.1, -0.05) is 13.8 Å². The van der Waals surface area contributed by atoms with Gasteiger partial charge in [-0.2, -0.15) is 0 Å². The third-order valence-corrected chi connectivity index (χ3v) is 2.39. The summed E-state index contributed by atoms with van der Waals surface area (Å²) in [6.45, 7) is 11.5. The van der Waals surface area contributed by atoms with Gasteiger partial charge in [0, 0.05) is 12.1 Å². The van der Waals surface area contributed by atoms with Crippen LogP contribution in [0.5, 0.6) is 0 Å². The summed E-state index contributed by atoms with van der Waals surface area (Å²) in [6.07, 6.45) is 2.62. The van der Waals surface area contributed by atoms with Crippen LogP contribution in [0.25, 0.3) is 0 Å². The van der Waals surface area contributed by atoms with Crippen LogP contribution in [0.4, 0.5) is 17.3 Å². The lowest BCUT2D eigenvalue weighted by Crippen LogP contribution is -2.27. The fourth-order valence-corrected chi connectivity index (χ4v) is 1.47. The maximum absolute atomic E-state index is 6.06. The molecule has 0 aromatic carbocycles. The van der Waals surface area contributed by atoms with E-state index in [0.29, 0.717) is 23.2 Å². The van der Waals surface area contributed by atoms with E-state index >= 15 is 0 Å². The molecule has 5 nitrogen and oxygen atoms in total. The molecule has 1 aromatic rings. The Labute approximate surface area is 110 Å². The van der Waals surface area contributed by atoms with Crippen LogP contribution in [0.1, 0.15) is 41.0 Å². The molecule has 1 aromatic heterocycles. The Morgan fingerprint density at radius 3 is 2.39 bits per heavy atom. The van der Waals surface area contributed by atoms with E-state index in [-0.39, 0.29) is 5.54 Å².